The van der Waals surface area contributed by atoms with E-state index in [9.17, 15) is 18.0 Å². The Kier molecular flexibility index (Phi) is 4.51. The van der Waals surface area contributed by atoms with Gasteiger partial charge in [-0.3, -0.25) is 9.69 Å². The zero-order valence-corrected chi connectivity index (χ0v) is 10.6. The summed E-state index contributed by atoms with van der Waals surface area (Å²) in [7, 11) is 3.36. The number of hydrogen-bond donors (Lipinski definition) is 0. The smallest absolute Gasteiger partial charge is 0.298 e. The highest BCUT2D eigenvalue weighted by Gasteiger charge is 2.32. The van der Waals surface area contributed by atoms with Gasteiger partial charge < -0.3 is 0 Å². The van der Waals surface area contributed by atoms with Gasteiger partial charge in [-0.15, -0.1) is 0 Å². The first kappa shape index (κ1) is 14.7. The van der Waals surface area contributed by atoms with Crippen molar-refractivity contribution in [2.75, 3.05) is 14.1 Å². The summed E-state index contributed by atoms with van der Waals surface area (Å²) in [5, 5.41) is 0. The Morgan fingerprint density at radius 3 is 2.39 bits per heavy atom. The minimum Gasteiger partial charge on any atom is -0.298 e. The number of carbonyl (C=O) groups is 1. The Balaban J connectivity index is 3.18. The van der Waals surface area contributed by atoms with E-state index in [4.69, 9.17) is 0 Å². The van der Waals surface area contributed by atoms with Crippen molar-refractivity contribution < 1.29 is 18.0 Å². The van der Waals surface area contributed by atoms with Crippen LogP contribution >= 0.6 is 0 Å². The number of carbonyl (C=O) groups excluding carboxylic acids is 1. The van der Waals surface area contributed by atoms with E-state index in [1.807, 2.05) is 0 Å². The van der Waals surface area contributed by atoms with Crippen molar-refractivity contribution in [2.45, 2.75) is 25.6 Å². The molecule has 0 fully saturated rings. The number of halogens is 3. The lowest BCUT2D eigenvalue weighted by Crippen LogP contribution is -2.27. The van der Waals surface area contributed by atoms with Gasteiger partial charge in [0.25, 0.3) is 0 Å². The number of likely N-dealkylation sites (N-methyl/N-ethyl adjacent to an activating group) is 1. The van der Waals surface area contributed by atoms with Crippen LogP contribution in [0.2, 0.25) is 0 Å². The Bertz CT molecular complexity index is 426. The lowest BCUT2D eigenvalue weighted by atomic mass is 9.98. The van der Waals surface area contributed by atoms with Crippen LogP contribution in [0.4, 0.5) is 13.2 Å². The predicted octanol–water partition coefficient (Wildman–Crippen LogP) is 3.29. The van der Waals surface area contributed by atoms with E-state index in [1.54, 1.807) is 32.0 Å². The fraction of sp³-hybridized carbons (Fsp3) is 0.462. The van der Waals surface area contributed by atoms with Gasteiger partial charge in [0.1, 0.15) is 0 Å². The van der Waals surface area contributed by atoms with E-state index in [2.05, 4.69) is 0 Å². The predicted molar refractivity (Wildman–Crippen MR) is 63.2 cm³/mol. The molecule has 0 heterocycles. The molecule has 0 saturated heterocycles. The van der Waals surface area contributed by atoms with Crippen LogP contribution in [0, 0.1) is 0 Å². The molecule has 1 aromatic carbocycles. The standard InChI is InChI=1S/C13H16F3NO/c1-4-11(18)12(17(2)3)9-6-5-7-10(8-9)13(14,15)16/h5-8,12H,4H2,1-3H3. The highest BCUT2D eigenvalue weighted by molar-refractivity contribution is 5.85. The van der Waals surface area contributed by atoms with Crippen LogP contribution in [0.15, 0.2) is 24.3 Å². The molecular formula is C13H16F3NO. The molecule has 1 rings (SSSR count). The Hall–Kier alpha value is -1.36. The summed E-state index contributed by atoms with van der Waals surface area (Å²) in [6, 6.07) is 4.30. The first-order valence-corrected chi connectivity index (χ1v) is 5.63. The molecule has 1 aromatic rings. The maximum Gasteiger partial charge on any atom is 0.416 e. The minimum atomic E-state index is -4.39. The second kappa shape index (κ2) is 5.52. The van der Waals surface area contributed by atoms with E-state index in [0.717, 1.165) is 12.1 Å². The van der Waals surface area contributed by atoms with Gasteiger partial charge in [0.05, 0.1) is 11.6 Å². The lowest BCUT2D eigenvalue weighted by molar-refractivity contribution is -0.137. The minimum absolute atomic E-state index is 0.0978. The van der Waals surface area contributed by atoms with Gasteiger partial charge in [-0.05, 0) is 31.8 Å². The van der Waals surface area contributed by atoms with Crippen molar-refractivity contribution in [1.82, 2.24) is 4.90 Å². The fourth-order valence-electron chi connectivity index (χ4n) is 1.85. The maximum atomic E-state index is 12.6. The van der Waals surface area contributed by atoms with E-state index >= 15 is 0 Å². The molecule has 1 unspecified atom stereocenters. The molecule has 1 atom stereocenters. The van der Waals surface area contributed by atoms with Crippen molar-refractivity contribution in [1.29, 1.82) is 0 Å². The van der Waals surface area contributed by atoms with Crippen molar-refractivity contribution in [3.8, 4) is 0 Å². The number of benzene rings is 1. The molecule has 0 aliphatic rings. The molecule has 0 N–H and O–H groups in total. The SMILES string of the molecule is CCC(=O)C(c1cccc(C(F)(F)F)c1)N(C)C. The van der Waals surface area contributed by atoms with E-state index in [-0.39, 0.29) is 5.78 Å². The first-order valence-electron chi connectivity index (χ1n) is 5.63. The topological polar surface area (TPSA) is 20.3 Å². The quantitative estimate of drug-likeness (QED) is 0.827. The average molecular weight is 259 g/mol. The summed E-state index contributed by atoms with van der Waals surface area (Å²) in [5.74, 6) is -0.0978. The van der Waals surface area contributed by atoms with E-state index < -0.39 is 17.8 Å². The Labute approximate surface area is 104 Å². The zero-order chi connectivity index (χ0) is 13.9. The number of rotatable bonds is 4. The second-order valence-corrected chi connectivity index (χ2v) is 4.31. The highest BCUT2D eigenvalue weighted by Crippen LogP contribution is 2.31. The van der Waals surface area contributed by atoms with E-state index in [0.29, 0.717) is 12.0 Å². The first-order chi connectivity index (χ1) is 8.27. The summed E-state index contributed by atoms with van der Waals surface area (Å²) in [4.78, 5) is 13.4. The fourth-order valence-corrected chi connectivity index (χ4v) is 1.85. The lowest BCUT2D eigenvalue weighted by Gasteiger charge is -2.23. The Morgan fingerprint density at radius 1 is 1.33 bits per heavy atom. The molecule has 0 aromatic heterocycles. The largest absolute Gasteiger partial charge is 0.416 e. The maximum absolute atomic E-state index is 12.6. The average Bonchev–Trinajstić information content (AvgIpc) is 2.27. The van der Waals surface area contributed by atoms with Gasteiger partial charge in [-0.2, -0.15) is 13.2 Å². The number of ketones is 1. The third-order valence-corrected chi connectivity index (χ3v) is 2.70. The number of nitrogens with zero attached hydrogens (tertiary/aromatic N) is 1. The normalized spacial score (nSPS) is 13.7. The number of alkyl halides is 3. The third kappa shape index (κ3) is 3.32. The van der Waals surface area contributed by atoms with Gasteiger partial charge in [0, 0.05) is 6.42 Å². The molecule has 0 radical (unpaired) electrons. The van der Waals surface area contributed by atoms with Crippen LogP contribution in [0.1, 0.15) is 30.5 Å². The van der Waals surface area contributed by atoms with Gasteiger partial charge in [0.2, 0.25) is 0 Å². The Morgan fingerprint density at radius 2 is 1.94 bits per heavy atom. The molecule has 0 aliphatic carbocycles. The number of hydrogen-bond acceptors (Lipinski definition) is 2. The van der Waals surface area contributed by atoms with Crippen LogP contribution in [0.5, 0.6) is 0 Å². The highest BCUT2D eigenvalue weighted by atomic mass is 19.4. The number of Topliss-reactive ketones (excluding diaryl/α,β-unsaturated/α-hetero) is 1. The summed E-state index contributed by atoms with van der Waals surface area (Å²) >= 11 is 0. The van der Waals surface area contributed by atoms with Gasteiger partial charge in [0.15, 0.2) is 5.78 Å². The molecule has 0 aliphatic heterocycles. The summed E-state index contributed by atoms with van der Waals surface area (Å²) < 4.78 is 37.9. The monoisotopic (exact) mass is 259 g/mol. The molecule has 5 heteroatoms. The summed E-state index contributed by atoms with van der Waals surface area (Å²) in [6.07, 6.45) is -4.10. The van der Waals surface area contributed by atoms with E-state index in [1.165, 1.54) is 6.07 Å². The third-order valence-electron chi connectivity index (χ3n) is 2.70. The van der Waals surface area contributed by atoms with Gasteiger partial charge in [-0.25, -0.2) is 0 Å². The molecule has 18 heavy (non-hydrogen) atoms. The van der Waals surface area contributed by atoms with Crippen LogP contribution in [0.25, 0.3) is 0 Å². The van der Waals surface area contributed by atoms with Gasteiger partial charge in [-0.1, -0.05) is 19.1 Å². The van der Waals surface area contributed by atoms with Crippen molar-refractivity contribution in [3.05, 3.63) is 35.4 Å². The van der Waals surface area contributed by atoms with Crippen molar-refractivity contribution in [2.24, 2.45) is 0 Å². The molecule has 2 nitrogen and oxygen atoms in total. The second-order valence-electron chi connectivity index (χ2n) is 4.31. The molecular weight excluding hydrogens is 243 g/mol. The van der Waals surface area contributed by atoms with Crippen LogP contribution in [0.3, 0.4) is 0 Å². The van der Waals surface area contributed by atoms with Crippen molar-refractivity contribution >= 4 is 5.78 Å². The zero-order valence-electron chi connectivity index (χ0n) is 10.6. The molecule has 0 spiro atoms. The summed E-state index contributed by atoms with van der Waals surface area (Å²) in [6.45, 7) is 1.70. The van der Waals surface area contributed by atoms with Crippen LogP contribution in [-0.2, 0) is 11.0 Å². The molecule has 0 saturated carbocycles. The van der Waals surface area contributed by atoms with Crippen molar-refractivity contribution in [3.63, 3.8) is 0 Å². The molecule has 0 amide bonds. The molecule has 100 valence electrons. The van der Waals surface area contributed by atoms with Crippen LogP contribution in [-0.4, -0.2) is 24.8 Å². The summed E-state index contributed by atoms with van der Waals surface area (Å²) in [5.41, 5.74) is -0.350. The van der Waals surface area contributed by atoms with Gasteiger partial charge >= 0.3 is 6.18 Å². The molecule has 0 bridgehead atoms. The van der Waals surface area contributed by atoms with Crippen LogP contribution < -0.4 is 0 Å².